The summed E-state index contributed by atoms with van der Waals surface area (Å²) in [5, 5.41) is 11.2. The van der Waals surface area contributed by atoms with E-state index in [0.29, 0.717) is 10.7 Å². The fourth-order valence-electron chi connectivity index (χ4n) is 2.45. The van der Waals surface area contributed by atoms with E-state index in [1.165, 1.54) is 0 Å². The third-order valence-electron chi connectivity index (χ3n) is 3.72. The van der Waals surface area contributed by atoms with Gasteiger partial charge < -0.3 is 5.32 Å². The van der Waals surface area contributed by atoms with E-state index >= 15 is 0 Å². The van der Waals surface area contributed by atoms with Crippen molar-refractivity contribution in [3.8, 4) is 11.3 Å². The number of aryl methyl sites for hydroxylation is 2. The SMILES string of the molecule is Cc1ccc(NC(=O)CSc2nnc(-c3ccccc3)c(=O)[nH]2)c(C)c1. The van der Waals surface area contributed by atoms with Crippen molar-refractivity contribution >= 4 is 23.4 Å². The molecule has 3 aromatic rings. The minimum Gasteiger partial charge on any atom is -0.325 e. The van der Waals surface area contributed by atoms with E-state index in [-0.39, 0.29) is 22.9 Å². The van der Waals surface area contributed by atoms with Gasteiger partial charge in [0.15, 0.2) is 10.9 Å². The molecule has 0 radical (unpaired) electrons. The average Bonchev–Trinajstić information content (AvgIpc) is 2.63. The number of anilines is 1. The zero-order valence-electron chi connectivity index (χ0n) is 14.4. The summed E-state index contributed by atoms with van der Waals surface area (Å²) in [6, 6.07) is 14.9. The summed E-state index contributed by atoms with van der Waals surface area (Å²) < 4.78 is 0. The number of H-pyrrole nitrogens is 1. The summed E-state index contributed by atoms with van der Waals surface area (Å²) in [5.74, 6) is -0.0421. The molecule has 1 aromatic heterocycles. The van der Waals surface area contributed by atoms with Gasteiger partial charge in [-0.2, -0.15) is 0 Å². The molecule has 0 atom stereocenters. The number of hydrogen-bond donors (Lipinski definition) is 2. The highest BCUT2D eigenvalue weighted by Crippen LogP contribution is 2.18. The van der Waals surface area contributed by atoms with Crippen molar-refractivity contribution < 1.29 is 4.79 Å². The monoisotopic (exact) mass is 366 g/mol. The zero-order valence-corrected chi connectivity index (χ0v) is 15.3. The molecule has 132 valence electrons. The van der Waals surface area contributed by atoms with Gasteiger partial charge in [0.1, 0.15) is 0 Å². The molecule has 7 heteroatoms. The Hall–Kier alpha value is -2.93. The molecule has 0 saturated heterocycles. The van der Waals surface area contributed by atoms with Crippen LogP contribution in [-0.2, 0) is 4.79 Å². The van der Waals surface area contributed by atoms with Gasteiger partial charge in [-0.15, -0.1) is 10.2 Å². The summed E-state index contributed by atoms with van der Waals surface area (Å²) in [6.45, 7) is 3.95. The van der Waals surface area contributed by atoms with Crippen molar-refractivity contribution in [1.82, 2.24) is 15.2 Å². The topological polar surface area (TPSA) is 87.7 Å². The fraction of sp³-hybridized carbons (Fsp3) is 0.158. The van der Waals surface area contributed by atoms with Crippen LogP contribution in [0.3, 0.4) is 0 Å². The lowest BCUT2D eigenvalue weighted by atomic mass is 10.1. The van der Waals surface area contributed by atoms with Gasteiger partial charge in [0.05, 0.1) is 5.75 Å². The maximum atomic E-state index is 12.2. The highest BCUT2D eigenvalue weighted by atomic mass is 32.2. The minimum atomic E-state index is -0.330. The van der Waals surface area contributed by atoms with Gasteiger partial charge in [-0.25, -0.2) is 0 Å². The Bertz CT molecular complexity index is 986. The largest absolute Gasteiger partial charge is 0.325 e. The van der Waals surface area contributed by atoms with E-state index in [1.54, 1.807) is 12.1 Å². The molecule has 0 spiro atoms. The lowest BCUT2D eigenvalue weighted by Gasteiger charge is -2.08. The number of amides is 1. The van der Waals surface area contributed by atoms with Gasteiger partial charge in [0, 0.05) is 11.3 Å². The molecule has 0 fully saturated rings. The van der Waals surface area contributed by atoms with E-state index in [9.17, 15) is 9.59 Å². The fourth-order valence-corrected chi connectivity index (χ4v) is 3.05. The standard InChI is InChI=1S/C19H18N4O2S/c1-12-8-9-15(13(2)10-12)20-16(24)11-26-19-21-18(25)17(22-23-19)14-6-4-3-5-7-14/h3-10H,11H2,1-2H3,(H,20,24)(H,21,23,25). The summed E-state index contributed by atoms with van der Waals surface area (Å²) >= 11 is 1.13. The van der Waals surface area contributed by atoms with Crippen LogP contribution in [-0.4, -0.2) is 26.8 Å². The van der Waals surface area contributed by atoms with Gasteiger partial charge >= 0.3 is 0 Å². The maximum Gasteiger partial charge on any atom is 0.278 e. The molecule has 3 rings (SSSR count). The van der Waals surface area contributed by atoms with Crippen molar-refractivity contribution in [2.45, 2.75) is 19.0 Å². The van der Waals surface area contributed by atoms with E-state index in [2.05, 4.69) is 20.5 Å². The van der Waals surface area contributed by atoms with Crippen LogP contribution >= 0.6 is 11.8 Å². The second-order valence-electron chi connectivity index (χ2n) is 5.83. The lowest BCUT2D eigenvalue weighted by molar-refractivity contribution is -0.113. The van der Waals surface area contributed by atoms with Gasteiger partial charge in [0.25, 0.3) is 5.56 Å². The third kappa shape index (κ3) is 4.37. The summed E-state index contributed by atoms with van der Waals surface area (Å²) in [4.78, 5) is 27.0. The van der Waals surface area contributed by atoms with Crippen LogP contribution < -0.4 is 10.9 Å². The molecule has 0 aliphatic heterocycles. The Kier molecular flexibility index (Phi) is 5.48. The molecule has 1 heterocycles. The first-order chi connectivity index (χ1) is 12.5. The van der Waals surface area contributed by atoms with Crippen molar-refractivity contribution in [3.05, 3.63) is 70.0 Å². The van der Waals surface area contributed by atoms with Crippen LogP contribution in [0.15, 0.2) is 58.5 Å². The smallest absolute Gasteiger partial charge is 0.278 e. The Morgan fingerprint density at radius 3 is 2.58 bits per heavy atom. The Balaban J connectivity index is 1.63. The minimum absolute atomic E-state index is 0.128. The molecule has 2 N–H and O–H groups in total. The molecule has 0 aliphatic carbocycles. The summed E-state index contributed by atoms with van der Waals surface area (Å²) in [7, 11) is 0. The Labute approximate surface area is 155 Å². The second kappa shape index (κ2) is 7.97. The lowest BCUT2D eigenvalue weighted by Crippen LogP contribution is -2.17. The number of aromatic nitrogens is 3. The number of carbonyl (C=O) groups is 1. The Morgan fingerprint density at radius 1 is 1.12 bits per heavy atom. The molecule has 0 aliphatic rings. The normalized spacial score (nSPS) is 10.5. The van der Waals surface area contributed by atoms with Crippen molar-refractivity contribution in [2.24, 2.45) is 0 Å². The van der Waals surface area contributed by atoms with Crippen molar-refractivity contribution in [1.29, 1.82) is 0 Å². The highest BCUT2D eigenvalue weighted by molar-refractivity contribution is 7.99. The molecule has 0 saturated carbocycles. The summed E-state index contributed by atoms with van der Waals surface area (Å²) in [6.07, 6.45) is 0. The third-order valence-corrected chi connectivity index (χ3v) is 4.58. The zero-order chi connectivity index (χ0) is 18.5. The van der Waals surface area contributed by atoms with Crippen LogP contribution in [0.25, 0.3) is 11.3 Å². The predicted octanol–water partition coefficient (Wildman–Crippen LogP) is 3.18. The van der Waals surface area contributed by atoms with Gasteiger partial charge in [-0.3, -0.25) is 14.6 Å². The summed E-state index contributed by atoms with van der Waals surface area (Å²) in [5.41, 5.74) is 3.55. The number of thioether (sulfide) groups is 1. The molecule has 0 unspecified atom stereocenters. The van der Waals surface area contributed by atoms with Crippen LogP contribution in [0.1, 0.15) is 11.1 Å². The molecule has 26 heavy (non-hydrogen) atoms. The molecule has 6 nitrogen and oxygen atoms in total. The number of carbonyl (C=O) groups excluding carboxylic acids is 1. The van der Waals surface area contributed by atoms with Crippen LogP contribution in [0.2, 0.25) is 0 Å². The van der Waals surface area contributed by atoms with Gasteiger partial charge in [-0.05, 0) is 25.5 Å². The van der Waals surface area contributed by atoms with E-state index < -0.39 is 0 Å². The molecule has 1 amide bonds. The van der Waals surface area contributed by atoms with Crippen LogP contribution in [0.5, 0.6) is 0 Å². The number of benzene rings is 2. The second-order valence-corrected chi connectivity index (χ2v) is 6.79. The van der Waals surface area contributed by atoms with Crippen molar-refractivity contribution in [2.75, 3.05) is 11.1 Å². The van der Waals surface area contributed by atoms with Crippen LogP contribution in [0, 0.1) is 13.8 Å². The number of rotatable bonds is 5. The molecular formula is C19H18N4O2S. The quantitative estimate of drug-likeness (QED) is 0.677. The van der Waals surface area contributed by atoms with Crippen LogP contribution in [0.4, 0.5) is 5.69 Å². The first-order valence-corrected chi connectivity index (χ1v) is 9.04. The number of aromatic amines is 1. The predicted molar refractivity (Wildman–Crippen MR) is 103 cm³/mol. The van der Waals surface area contributed by atoms with Gasteiger partial charge in [-0.1, -0.05) is 59.8 Å². The first-order valence-electron chi connectivity index (χ1n) is 8.05. The molecule has 2 aromatic carbocycles. The van der Waals surface area contributed by atoms with Gasteiger partial charge in [0.2, 0.25) is 5.91 Å². The number of nitrogens with zero attached hydrogens (tertiary/aromatic N) is 2. The maximum absolute atomic E-state index is 12.2. The number of hydrogen-bond acceptors (Lipinski definition) is 5. The average molecular weight is 366 g/mol. The molecular weight excluding hydrogens is 348 g/mol. The molecule has 0 bridgehead atoms. The van der Waals surface area contributed by atoms with E-state index in [0.717, 1.165) is 28.6 Å². The highest BCUT2D eigenvalue weighted by Gasteiger charge is 2.10. The van der Waals surface area contributed by atoms with Crippen molar-refractivity contribution in [3.63, 3.8) is 0 Å². The first kappa shape index (κ1) is 17.9. The number of nitrogens with one attached hydrogen (secondary N) is 2. The van der Waals surface area contributed by atoms with E-state index in [1.807, 2.05) is 50.2 Å². The Morgan fingerprint density at radius 2 is 1.88 bits per heavy atom. The van der Waals surface area contributed by atoms with E-state index in [4.69, 9.17) is 0 Å².